The second-order valence-electron chi connectivity index (χ2n) is 7.93. The van der Waals surface area contributed by atoms with Gasteiger partial charge in [0.25, 0.3) is 0 Å². The Hall–Kier alpha value is -0.610. The van der Waals surface area contributed by atoms with Crippen LogP contribution in [0, 0.1) is 10.8 Å². The smallest absolute Gasteiger partial charge is 0.236 e. The summed E-state index contributed by atoms with van der Waals surface area (Å²) in [6, 6.07) is 0.349. The summed E-state index contributed by atoms with van der Waals surface area (Å²) >= 11 is 0. The molecule has 0 aromatic heterocycles. The van der Waals surface area contributed by atoms with Gasteiger partial charge < -0.3 is 11.1 Å². The van der Waals surface area contributed by atoms with Crippen molar-refractivity contribution >= 4 is 5.91 Å². The van der Waals surface area contributed by atoms with Crippen LogP contribution in [0.4, 0.5) is 0 Å². The van der Waals surface area contributed by atoms with Crippen molar-refractivity contribution in [3.8, 4) is 0 Å². The predicted octanol–water partition coefficient (Wildman–Crippen LogP) is 1.35. The number of amides is 1. The standard InChI is InChI=1S/C15H29N3O/c1-14(2)7-11(8-15(3,4)10-14)18-6-5-17-9-12(18)13(16)19/h11-12,17H,5-10H2,1-4H3,(H2,16,19). The maximum absolute atomic E-state index is 11.7. The molecule has 110 valence electrons. The lowest BCUT2D eigenvalue weighted by molar-refractivity contribution is -0.126. The molecule has 19 heavy (non-hydrogen) atoms. The zero-order chi connectivity index (χ0) is 14.3. The molecule has 1 heterocycles. The van der Waals surface area contributed by atoms with Crippen molar-refractivity contribution in [2.24, 2.45) is 16.6 Å². The van der Waals surface area contributed by atoms with Crippen LogP contribution >= 0.6 is 0 Å². The molecule has 4 nitrogen and oxygen atoms in total. The van der Waals surface area contributed by atoms with Crippen LogP contribution in [-0.4, -0.2) is 42.5 Å². The minimum absolute atomic E-state index is 0.136. The molecule has 1 saturated carbocycles. The van der Waals surface area contributed by atoms with Crippen LogP contribution in [0.5, 0.6) is 0 Å². The maximum Gasteiger partial charge on any atom is 0.236 e. The van der Waals surface area contributed by atoms with E-state index >= 15 is 0 Å². The van der Waals surface area contributed by atoms with Crippen molar-refractivity contribution in [3.05, 3.63) is 0 Å². The van der Waals surface area contributed by atoms with Crippen molar-refractivity contribution in [1.82, 2.24) is 10.2 Å². The first-order valence-electron chi connectivity index (χ1n) is 7.46. The highest BCUT2D eigenvalue weighted by Crippen LogP contribution is 2.47. The number of carbonyl (C=O) groups excluding carboxylic acids is 1. The molecular formula is C15H29N3O. The van der Waals surface area contributed by atoms with Crippen molar-refractivity contribution < 1.29 is 4.79 Å². The van der Waals surface area contributed by atoms with Crippen molar-refractivity contribution in [2.75, 3.05) is 19.6 Å². The number of primary amides is 1. The van der Waals surface area contributed by atoms with E-state index in [9.17, 15) is 4.79 Å². The third-order valence-corrected chi connectivity index (χ3v) is 4.62. The largest absolute Gasteiger partial charge is 0.368 e. The minimum Gasteiger partial charge on any atom is -0.368 e. The second kappa shape index (κ2) is 5.06. The van der Waals surface area contributed by atoms with Gasteiger partial charge in [-0.1, -0.05) is 27.7 Å². The zero-order valence-corrected chi connectivity index (χ0v) is 12.8. The van der Waals surface area contributed by atoms with Crippen LogP contribution in [0.3, 0.4) is 0 Å². The molecule has 1 aliphatic heterocycles. The fourth-order valence-corrected chi connectivity index (χ4v) is 4.44. The predicted molar refractivity (Wildman–Crippen MR) is 77.8 cm³/mol. The lowest BCUT2D eigenvalue weighted by Gasteiger charge is -2.51. The highest BCUT2D eigenvalue weighted by Gasteiger charge is 2.43. The van der Waals surface area contributed by atoms with Crippen LogP contribution in [-0.2, 0) is 4.79 Å². The van der Waals surface area contributed by atoms with E-state index in [1.807, 2.05) is 0 Å². The Morgan fingerprint density at radius 3 is 2.32 bits per heavy atom. The summed E-state index contributed by atoms with van der Waals surface area (Å²) < 4.78 is 0. The number of carbonyl (C=O) groups is 1. The van der Waals surface area contributed by atoms with E-state index in [2.05, 4.69) is 37.9 Å². The Bertz CT molecular complexity index is 335. The fraction of sp³-hybridized carbons (Fsp3) is 0.933. The molecule has 2 rings (SSSR count). The van der Waals surface area contributed by atoms with E-state index < -0.39 is 0 Å². The molecule has 1 amide bonds. The summed E-state index contributed by atoms with van der Waals surface area (Å²) in [7, 11) is 0. The third-order valence-electron chi connectivity index (χ3n) is 4.62. The van der Waals surface area contributed by atoms with Gasteiger partial charge in [-0.3, -0.25) is 9.69 Å². The van der Waals surface area contributed by atoms with E-state index in [0.29, 0.717) is 23.4 Å². The Balaban J connectivity index is 2.16. The molecule has 0 spiro atoms. The molecule has 1 saturated heterocycles. The maximum atomic E-state index is 11.7. The molecule has 1 unspecified atom stereocenters. The second-order valence-corrected chi connectivity index (χ2v) is 7.93. The van der Waals surface area contributed by atoms with Gasteiger partial charge in [0.05, 0.1) is 0 Å². The zero-order valence-electron chi connectivity index (χ0n) is 12.8. The first-order valence-corrected chi connectivity index (χ1v) is 7.46. The van der Waals surface area contributed by atoms with Crippen LogP contribution < -0.4 is 11.1 Å². The Labute approximate surface area is 117 Å². The summed E-state index contributed by atoms with van der Waals surface area (Å²) in [5.41, 5.74) is 6.27. The van der Waals surface area contributed by atoms with Gasteiger partial charge in [-0.25, -0.2) is 0 Å². The highest BCUT2D eigenvalue weighted by molar-refractivity contribution is 5.80. The molecule has 0 aromatic carbocycles. The lowest BCUT2D eigenvalue weighted by Crippen LogP contribution is -2.61. The van der Waals surface area contributed by atoms with E-state index in [1.165, 1.54) is 19.3 Å². The summed E-state index contributed by atoms with van der Waals surface area (Å²) in [6.45, 7) is 12.0. The van der Waals surface area contributed by atoms with Crippen LogP contribution in [0.15, 0.2) is 0 Å². The first-order chi connectivity index (χ1) is 8.70. The number of nitrogens with two attached hydrogens (primary N) is 1. The first kappa shape index (κ1) is 14.8. The molecule has 2 fully saturated rings. The summed E-state index contributed by atoms with van der Waals surface area (Å²) in [4.78, 5) is 14.0. The molecule has 0 aromatic rings. The SMILES string of the molecule is CC1(C)CC(N2CCNCC2C(N)=O)CC(C)(C)C1. The van der Waals surface area contributed by atoms with E-state index in [-0.39, 0.29) is 11.9 Å². The average Bonchev–Trinajstić information content (AvgIpc) is 2.24. The monoisotopic (exact) mass is 267 g/mol. The molecule has 0 bridgehead atoms. The van der Waals surface area contributed by atoms with Gasteiger partial charge in [0.2, 0.25) is 5.91 Å². The van der Waals surface area contributed by atoms with Crippen LogP contribution in [0.1, 0.15) is 47.0 Å². The lowest BCUT2D eigenvalue weighted by atomic mass is 9.63. The summed E-state index contributed by atoms with van der Waals surface area (Å²) in [6.07, 6.45) is 3.59. The van der Waals surface area contributed by atoms with Gasteiger partial charge in [-0.15, -0.1) is 0 Å². The number of piperazine rings is 1. The number of hydrogen-bond acceptors (Lipinski definition) is 3. The van der Waals surface area contributed by atoms with Crippen molar-refractivity contribution in [1.29, 1.82) is 0 Å². The number of nitrogens with zero attached hydrogens (tertiary/aromatic N) is 1. The number of nitrogens with one attached hydrogen (secondary N) is 1. The van der Waals surface area contributed by atoms with Crippen LogP contribution in [0.25, 0.3) is 0 Å². The van der Waals surface area contributed by atoms with Gasteiger partial charge >= 0.3 is 0 Å². The molecule has 1 aliphatic carbocycles. The van der Waals surface area contributed by atoms with Gasteiger partial charge in [-0.05, 0) is 30.1 Å². The molecular weight excluding hydrogens is 238 g/mol. The molecule has 1 atom stereocenters. The molecule has 3 N–H and O–H groups in total. The molecule has 4 heteroatoms. The summed E-state index contributed by atoms with van der Waals surface area (Å²) in [5, 5.41) is 3.28. The fourth-order valence-electron chi connectivity index (χ4n) is 4.44. The molecule has 2 aliphatic rings. The number of rotatable bonds is 2. The van der Waals surface area contributed by atoms with Crippen molar-refractivity contribution in [3.63, 3.8) is 0 Å². The Kier molecular flexibility index (Phi) is 3.94. The van der Waals surface area contributed by atoms with Gasteiger partial charge in [0.15, 0.2) is 0 Å². The van der Waals surface area contributed by atoms with Gasteiger partial charge in [0, 0.05) is 25.7 Å². The quantitative estimate of drug-likeness (QED) is 0.794. The third kappa shape index (κ3) is 3.48. The van der Waals surface area contributed by atoms with Gasteiger partial charge in [0.1, 0.15) is 6.04 Å². The average molecular weight is 267 g/mol. The van der Waals surface area contributed by atoms with E-state index in [4.69, 9.17) is 5.73 Å². The normalized spacial score (nSPS) is 32.1. The topological polar surface area (TPSA) is 58.4 Å². The highest BCUT2D eigenvalue weighted by atomic mass is 16.1. The summed E-state index contributed by atoms with van der Waals surface area (Å²) in [5.74, 6) is -0.187. The van der Waals surface area contributed by atoms with Crippen LogP contribution in [0.2, 0.25) is 0 Å². The minimum atomic E-state index is -0.187. The van der Waals surface area contributed by atoms with Crippen molar-refractivity contribution in [2.45, 2.75) is 59.0 Å². The Morgan fingerprint density at radius 2 is 1.79 bits per heavy atom. The molecule has 0 radical (unpaired) electrons. The van der Waals surface area contributed by atoms with Gasteiger partial charge in [-0.2, -0.15) is 0 Å². The van der Waals surface area contributed by atoms with E-state index in [0.717, 1.165) is 13.1 Å². The number of hydrogen-bond donors (Lipinski definition) is 2. The Morgan fingerprint density at radius 1 is 1.21 bits per heavy atom. The van der Waals surface area contributed by atoms with E-state index in [1.54, 1.807) is 0 Å².